The molecule has 0 amide bonds. The number of hydrogen-bond donors (Lipinski definition) is 1. The third kappa shape index (κ3) is 2.99. The molecule has 0 fully saturated rings. The van der Waals surface area contributed by atoms with Crippen LogP contribution in [0.25, 0.3) is 16.8 Å². The number of nitrogens with zero attached hydrogens (tertiary/aromatic N) is 3. The second-order valence-electron chi connectivity index (χ2n) is 5.44. The highest BCUT2D eigenvalue weighted by atomic mass is 19.4. The fourth-order valence-electron chi connectivity index (χ4n) is 2.52. The average molecular weight is 360 g/mol. The van der Waals surface area contributed by atoms with Crippen molar-refractivity contribution in [3.8, 4) is 11.3 Å². The second-order valence-corrected chi connectivity index (χ2v) is 5.44. The van der Waals surface area contributed by atoms with Crippen molar-refractivity contribution in [1.82, 2.24) is 14.6 Å². The van der Waals surface area contributed by atoms with Crippen LogP contribution < -0.4 is 5.73 Å². The van der Waals surface area contributed by atoms with Gasteiger partial charge in [0.05, 0.1) is 16.6 Å². The number of benzene rings is 1. The predicted octanol–water partition coefficient (Wildman–Crippen LogP) is 4.32. The number of nitrogens with two attached hydrogens (primary N) is 1. The van der Waals surface area contributed by atoms with Crippen LogP contribution in [0.4, 0.5) is 32.3 Å². The van der Waals surface area contributed by atoms with Crippen molar-refractivity contribution in [2.75, 3.05) is 5.73 Å². The van der Waals surface area contributed by atoms with E-state index in [2.05, 4.69) is 10.2 Å². The number of anilines is 1. The van der Waals surface area contributed by atoms with Gasteiger partial charge >= 0.3 is 12.4 Å². The monoisotopic (exact) mass is 360 g/mol. The summed E-state index contributed by atoms with van der Waals surface area (Å²) in [6.07, 6.45) is -8.36. The molecule has 0 aliphatic rings. The molecule has 3 rings (SSSR count). The van der Waals surface area contributed by atoms with Crippen LogP contribution in [-0.2, 0) is 12.4 Å². The Balaban J connectivity index is 2.33. The first-order valence-electron chi connectivity index (χ1n) is 6.88. The highest BCUT2D eigenvalue weighted by Crippen LogP contribution is 2.41. The highest BCUT2D eigenvalue weighted by Gasteiger charge is 2.39. The van der Waals surface area contributed by atoms with Gasteiger partial charge in [0.15, 0.2) is 0 Å². The molecule has 0 aliphatic heterocycles. The van der Waals surface area contributed by atoms with Crippen molar-refractivity contribution < 1.29 is 26.3 Å². The molecule has 1 aromatic carbocycles. The van der Waals surface area contributed by atoms with Crippen LogP contribution in [-0.4, -0.2) is 14.6 Å². The first-order valence-corrected chi connectivity index (χ1v) is 6.88. The number of aryl methyl sites for hydroxylation is 1. The highest BCUT2D eigenvalue weighted by molar-refractivity contribution is 5.80. The zero-order valence-electron chi connectivity index (χ0n) is 12.6. The van der Waals surface area contributed by atoms with E-state index in [9.17, 15) is 26.3 Å². The Kier molecular flexibility index (Phi) is 3.66. The number of fused-ring (bicyclic) bond motifs is 1. The first-order chi connectivity index (χ1) is 11.5. The molecule has 0 bridgehead atoms. The Morgan fingerprint density at radius 3 is 2.24 bits per heavy atom. The number of alkyl halides is 6. The summed E-state index contributed by atoms with van der Waals surface area (Å²) < 4.78 is 79.7. The van der Waals surface area contributed by atoms with Crippen LogP contribution in [0.1, 0.15) is 16.7 Å². The van der Waals surface area contributed by atoms with Crippen molar-refractivity contribution in [3.05, 3.63) is 47.2 Å². The lowest BCUT2D eigenvalue weighted by Crippen LogP contribution is -2.13. The number of halogens is 6. The summed E-state index contributed by atoms with van der Waals surface area (Å²) in [5, 5.41) is 7.27. The van der Waals surface area contributed by atoms with Crippen molar-refractivity contribution in [3.63, 3.8) is 0 Å². The van der Waals surface area contributed by atoms with Gasteiger partial charge in [-0.3, -0.25) is 4.40 Å². The zero-order valence-corrected chi connectivity index (χ0v) is 12.6. The molecule has 2 N–H and O–H groups in total. The maximum atomic E-state index is 13.3. The van der Waals surface area contributed by atoms with Crippen LogP contribution >= 0.6 is 0 Å². The van der Waals surface area contributed by atoms with E-state index in [1.165, 1.54) is 10.5 Å². The van der Waals surface area contributed by atoms with E-state index in [4.69, 9.17) is 5.73 Å². The van der Waals surface area contributed by atoms with Gasteiger partial charge in [-0.25, -0.2) is 0 Å². The fraction of sp³-hybridized carbons (Fsp3) is 0.200. The fourth-order valence-corrected chi connectivity index (χ4v) is 2.52. The minimum Gasteiger partial charge on any atom is -0.368 e. The van der Waals surface area contributed by atoms with Crippen LogP contribution in [0.15, 0.2) is 30.5 Å². The lowest BCUT2D eigenvalue weighted by molar-refractivity contribution is -0.142. The van der Waals surface area contributed by atoms with Crippen LogP contribution in [0.5, 0.6) is 0 Å². The summed E-state index contributed by atoms with van der Waals surface area (Å²) in [7, 11) is 0. The summed E-state index contributed by atoms with van der Waals surface area (Å²) in [6, 6.07) is 2.92. The van der Waals surface area contributed by atoms with E-state index in [-0.39, 0.29) is 23.2 Å². The summed E-state index contributed by atoms with van der Waals surface area (Å²) >= 11 is 0. The van der Waals surface area contributed by atoms with Gasteiger partial charge in [0.25, 0.3) is 0 Å². The van der Waals surface area contributed by atoms with E-state index in [1.54, 1.807) is 13.1 Å². The van der Waals surface area contributed by atoms with E-state index < -0.39 is 29.0 Å². The lowest BCUT2D eigenvalue weighted by atomic mass is 10.00. The average Bonchev–Trinajstić information content (AvgIpc) is 2.88. The summed E-state index contributed by atoms with van der Waals surface area (Å²) in [5.41, 5.74) is 3.00. The van der Waals surface area contributed by atoms with Crippen LogP contribution in [0, 0.1) is 6.92 Å². The van der Waals surface area contributed by atoms with Gasteiger partial charge in [0.2, 0.25) is 5.95 Å². The van der Waals surface area contributed by atoms with Gasteiger partial charge in [-0.2, -0.15) is 26.3 Å². The quantitative estimate of drug-likeness (QED) is 0.658. The molecular weight excluding hydrogens is 350 g/mol. The third-order valence-corrected chi connectivity index (χ3v) is 3.61. The van der Waals surface area contributed by atoms with Crippen molar-refractivity contribution in [1.29, 1.82) is 0 Å². The number of rotatable bonds is 1. The molecule has 0 atom stereocenters. The Hall–Kier alpha value is -2.78. The normalized spacial score (nSPS) is 12.8. The molecule has 4 nitrogen and oxygen atoms in total. The molecular formula is C15H10F6N4. The van der Waals surface area contributed by atoms with Gasteiger partial charge in [-0.15, -0.1) is 10.2 Å². The molecule has 0 saturated heterocycles. The standard InChI is InChI=1S/C15H10F6N4/c1-7-4-11-12(23-24-13(22)25(11)6-7)9-3-2-8(14(16,17)18)5-10(9)15(19,20)21/h2-6H,1H3,(H2,22,24). The van der Waals surface area contributed by atoms with Crippen LogP contribution in [0.3, 0.4) is 0 Å². The summed E-state index contributed by atoms with van der Waals surface area (Å²) in [6.45, 7) is 1.69. The zero-order chi connectivity index (χ0) is 18.6. The Morgan fingerprint density at radius 1 is 0.960 bits per heavy atom. The van der Waals surface area contributed by atoms with Gasteiger partial charge in [-0.05, 0) is 30.7 Å². The minimum atomic E-state index is -5.00. The van der Waals surface area contributed by atoms with Gasteiger partial charge < -0.3 is 5.73 Å². The molecule has 0 spiro atoms. The Morgan fingerprint density at radius 2 is 1.64 bits per heavy atom. The van der Waals surface area contributed by atoms with Gasteiger partial charge in [0, 0.05) is 11.8 Å². The largest absolute Gasteiger partial charge is 0.417 e. The van der Waals surface area contributed by atoms with Gasteiger partial charge in [0.1, 0.15) is 5.69 Å². The Bertz CT molecular complexity index is 955. The maximum Gasteiger partial charge on any atom is 0.417 e. The summed E-state index contributed by atoms with van der Waals surface area (Å²) in [5.74, 6) is -0.0488. The molecule has 3 aromatic rings. The molecule has 2 heterocycles. The predicted molar refractivity (Wildman–Crippen MR) is 77.6 cm³/mol. The lowest BCUT2D eigenvalue weighted by Gasteiger charge is -2.16. The molecule has 10 heteroatoms. The molecule has 0 unspecified atom stereocenters. The number of nitrogen functional groups attached to an aromatic ring is 1. The second kappa shape index (κ2) is 5.36. The molecule has 132 valence electrons. The molecule has 0 aliphatic carbocycles. The number of hydrogen-bond acceptors (Lipinski definition) is 3. The Labute approximate surface area is 136 Å². The third-order valence-electron chi connectivity index (χ3n) is 3.61. The molecule has 25 heavy (non-hydrogen) atoms. The van der Waals surface area contributed by atoms with E-state index in [0.717, 1.165) is 6.07 Å². The summed E-state index contributed by atoms with van der Waals surface area (Å²) in [4.78, 5) is 0. The molecule has 2 aromatic heterocycles. The van der Waals surface area contributed by atoms with Crippen molar-refractivity contribution in [2.24, 2.45) is 0 Å². The maximum absolute atomic E-state index is 13.3. The van der Waals surface area contributed by atoms with Crippen LogP contribution in [0.2, 0.25) is 0 Å². The first kappa shape index (κ1) is 17.1. The number of aromatic nitrogens is 3. The van der Waals surface area contributed by atoms with Crippen molar-refractivity contribution >= 4 is 11.5 Å². The van der Waals surface area contributed by atoms with Crippen molar-refractivity contribution in [2.45, 2.75) is 19.3 Å². The van der Waals surface area contributed by atoms with E-state index >= 15 is 0 Å². The smallest absolute Gasteiger partial charge is 0.368 e. The van der Waals surface area contributed by atoms with E-state index in [0.29, 0.717) is 11.6 Å². The topological polar surface area (TPSA) is 56.2 Å². The SMILES string of the molecule is Cc1cc2c(-c3ccc(C(F)(F)F)cc3C(F)(F)F)nnc(N)n2c1. The van der Waals surface area contributed by atoms with E-state index in [1.807, 2.05) is 0 Å². The van der Waals surface area contributed by atoms with Gasteiger partial charge in [-0.1, -0.05) is 6.07 Å². The molecule has 0 saturated carbocycles. The minimum absolute atomic E-state index is 0.0488. The molecule has 0 radical (unpaired) electrons.